The lowest BCUT2D eigenvalue weighted by molar-refractivity contribution is -0.137. The molecule has 4 nitrogen and oxygen atoms in total. The van der Waals surface area contributed by atoms with E-state index in [-0.39, 0.29) is 5.91 Å². The zero-order chi connectivity index (χ0) is 12.2. The lowest BCUT2D eigenvalue weighted by atomic mass is 9.86. The van der Waals surface area contributed by atoms with Crippen molar-refractivity contribution in [3.05, 3.63) is 0 Å². The molecule has 0 saturated heterocycles. The van der Waals surface area contributed by atoms with Crippen molar-refractivity contribution in [3.63, 3.8) is 0 Å². The smallest absolute Gasteiger partial charge is 0.242 e. The molecule has 0 aromatic rings. The molecule has 90 valence electrons. The second-order valence-electron chi connectivity index (χ2n) is 4.77. The van der Waals surface area contributed by atoms with Crippen molar-refractivity contribution in [2.45, 2.75) is 45.1 Å². The number of hydrogen-bond donors (Lipinski definition) is 1. The van der Waals surface area contributed by atoms with Crippen LogP contribution in [-0.2, 0) is 4.79 Å². The van der Waals surface area contributed by atoms with Crippen LogP contribution in [0.5, 0.6) is 0 Å². The third-order valence-electron chi connectivity index (χ3n) is 3.31. The summed E-state index contributed by atoms with van der Waals surface area (Å²) in [6.45, 7) is 2.22. The van der Waals surface area contributed by atoms with Gasteiger partial charge < -0.3 is 10.0 Å². The summed E-state index contributed by atoms with van der Waals surface area (Å²) in [5.74, 6) is -0.0758. The summed E-state index contributed by atoms with van der Waals surface area (Å²) < 4.78 is 0. The summed E-state index contributed by atoms with van der Waals surface area (Å²) in [6.07, 6.45) is 3.44. The van der Waals surface area contributed by atoms with Gasteiger partial charge in [0.1, 0.15) is 5.41 Å². The van der Waals surface area contributed by atoms with Gasteiger partial charge in [-0.15, -0.1) is 0 Å². The summed E-state index contributed by atoms with van der Waals surface area (Å²) in [7, 11) is 1.71. The molecule has 0 heterocycles. The van der Waals surface area contributed by atoms with Crippen LogP contribution in [0.15, 0.2) is 0 Å². The maximum atomic E-state index is 12.1. The van der Waals surface area contributed by atoms with E-state index in [0.29, 0.717) is 25.8 Å². The molecule has 1 unspecified atom stereocenters. The standard InChI is InChI=1S/C12H20N2O2/c1-10(15)5-8-14(2)11(16)12(9-13)6-3-4-7-12/h10,15H,3-8H2,1-2H3. The average Bonchev–Trinajstić information content (AvgIpc) is 2.74. The minimum absolute atomic E-state index is 0.0758. The molecule has 0 aromatic heterocycles. The first-order chi connectivity index (χ1) is 7.52. The minimum atomic E-state index is -0.784. The van der Waals surface area contributed by atoms with E-state index in [0.717, 1.165) is 12.8 Å². The summed E-state index contributed by atoms with van der Waals surface area (Å²) in [5.41, 5.74) is -0.784. The van der Waals surface area contributed by atoms with E-state index in [4.69, 9.17) is 10.4 Å². The number of nitriles is 1. The van der Waals surface area contributed by atoms with Crippen molar-refractivity contribution in [1.82, 2.24) is 4.90 Å². The first-order valence-corrected chi connectivity index (χ1v) is 5.87. The molecule has 1 aliphatic rings. The van der Waals surface area contributed by atoms with Gasteiger partial charge in [-0.05, 0) is 26.2 Å². The predicted molar refractivity (Wildman–Crippen MR) is 60.4 cm³/mol. The fourth-order valence-corrected chi connectivity index (χ4v) is 2.20. The van der Waals surface area contributed by atoms with Crippen molar-refractivity contribution < 1.29 is 9.90 Å². The molecule has 16 heavy (non-hydrogen) atoms. The van der Waals surface area contributed by atoms with Gasteiger partial charge in [-0.3, -0.25) is 4.79 Å². The zero-order valence-electron chi connectivity index (χ0n) is 10.1. The largest absolute Gasteiger partial charge is 0.393 e. The van der Waals surface area contributed by atoms with Crippen molar-refractivity contribution in [2.75, 3.05) is 13.6 Å². The van der Waals surface area contributed by atoms with Gasteiger partial charge in [0.15, 0.2) is 0 Å². The number of hydrogen-bond acceptors (Lipinski definition) is 3. The number of nitrogens with zero attached hydrogens (tertiary/aromatic N) is 2. The van der Waals surface area contributed by atoms with Crippen LogP contribution in [0.25, 0.3) is 0 Å². The fraction of sp³-hybridized carbons (Fsp3) is 0.833. The van der Waals surface area contributed by atoms with Gasteiger partial charge in [0.05, 0.1) is 12.2 Å². The molecule has 4 heteroatoms. The van der Waals surface area contributed by atoms with E-state index in [9.17, 15) is 4.79 Å². The van der Waals surface area contributed by atoms with E-state index in [2.05, 4.69) is 6.07 Å². The van der Waals surface area contributed by atoms with Gasteiger partial charge in [-0.1, -0.05) is 12.8 Å². The van der Waals surface area contributed by atoms with Crippen LogP contribution in [0.4, 0.5) is 0 Å². The molecule has 0 spiro atoms. The highest BCUT2D eigenvalue weighted by Gasteiger charge is 2.42. The summed E-state index contributed by atoms with van der Waals surface area (Å²) in [5, 5.41) is 18.3. The second kappa shape index (κ2) is 5.31. The Hall–Kier alpha value is -1.08. The van der Waals surface area contributed by atoms with Crippen molar-refractivity contribution >= 4 is 5.91 Å². The van der Waals surface area contributed by atoms with Crippen LogP contribution in [0.3, 0.4) is 0 Å². The first-order valence-electron chi connectivity index (χ1n) is 5.87. The number of carbonyl (C=O) groups is 1. The third-order valence-corrected chi connectivity index (χ3v) is 3.31. The summed E-state index contributed by atoms with van der Waals surface area (Å²) in [4.78, 5) is 13.7. The molecule has 0 aromatic carbocycles. The predicted octanol–water partition coefficient (Wildman–Crippen LogP) is 1.30. The first kappa shape index (κ1) is 13.0. The van der Waals surface area contributed by atoms with Crippen LogP contribution < -0.4 is 0 Å². The highest BCUT2D eigenvalue weighted by molar-refractivity contribution is 5.85. The SMILES string of the molecule is CC(O)CCN(C)C(=O)C1(C#N)CCCC1. The van der Waals surface area contributed by atoms with E-state index in [1.165, 1.54) is 0 Å². The Balaban J connectivity index is 2.59. The molecule has 1 saturated carbocycles. The summed E-state index contributed by atoms with van der Waals surface area (Å²) >= 11 is 0. The van der Waals surface area contributed by atoms with Crippen molar-refractivity contribution in [3.8, 4) is 6.07 Å². The average molecular weight is 224 g/mol. The molecular formula is C12H20N2O2. The lowest BCUT2D eigenvalue weighted by Crippen LogP contribution is -2.40. The van der Waals surface area contributed by atoms with E-state index in [1.807, 2.05) is 0 Å². The highest BCUT2D eigenvalue weighted by atomic mass is 16.3. The Morgan fingerprint density at radius 2 is 2.12 bits per heavy atom. The number of rotatable bonds is 4. The van der Waals surface area contributed by atoms with Gasteiger partial charge in [0, 0.05) is 13.6 Å². The maximum absolute atomic E-state index is 12.1. The second-order valence-corrected chi connectivity index (χ2v) is 4.77. The van der Waals surface area contributed by atoms with Crippen LogP contribution in [0.2, 0.25) is 0 Å². The number of aliphatic hydroxyl groups is 1. The topological polar surface area (TPSA) is 64.3 Å². The minimum Gasteiger partial charge on any atom is -0.393 e. The monoisotopic (exact) mass is 224 g/mol. The van der Waals surface area contributed by atoms with Crippen molar-refractivity contribution in [1.29, 1.82) is 5.26 Å². The number of aliphatic hydroxyl groups excluding tert-OH is 1. The Bertz CT molecular complexity index is 288. The molecular weight excluding hydrogens is 204 g/mol. The van der Waals surface area contributed by atoms with Gasteiger partial charge in [0.25, 0.3) is 0 Å². The Morgan fingerprint density at radius 1 is 1.56 bits per heavy atom. The summed E-state index contributed by atoms with van der Waals surface area (Å²) in [6, 6.07) is 2.19. The van der Waals surface area contributed by atoms with E-state index in [1.54, 1.807) is 18.9 Å². The Kier molecular flexibility index (Phi) is 4.31. The van der Waals surface area contributed by atoms with Crippen molar-refractivity contribution in [2.24, 2.45) is 5.41 Å². The van der Waals surface area contributed by atoms with Gasteiger partial charge in [0.2, 0.25) is 5.91 Å². The van der Waals surface area contributed by atoms with Crippen LogP contribution in [-0.4, -0.2) is 35.6 Å². The third kappa shape index (κ3) is 2.73. The molecule has 1 rings (SSSR count). The zero-order valence-corrected chi connectivity index (χ0v) is 10.1. The molecule has 0 bridgehead atoms. The lowest BCUT2D eigenvalue weighted by Gasteiger charge is -2.26. The quantitative estimate of drug-likeness (QED) is 0.782. The van der Waals surface area contributed by atoms with Crippen LogP contribution in [0.1, 0.15) is 39.0 Å². The normalized spacial score (nSPS) is 20.1. The Labute approximate surface area is 96.9 Å². The molecule has 0 radical (unpaired) electrons. The molecule has 1 amide bonds. The van der Waals surface area contributed by atoms with Gasteiger partial charge >= 0.3 is 0 Å². The molecule has 1 fully saturated rings. The van der Waals surface area contributed by atoms with Crippen LogP contribution in [0, 0.1) is 16.7 Å². The fourth-order valence-electron chi connectivity index (χ4n) is 2.20. The van der Waals surface area contributed by atoms with Crippen LogP contribution >= 0.6 is 0 Å². The Morgan fingerprint density at radius 3 is 2.56 bits per heavy atom. The molecule has 1 N–H and O–H groups in total. The number of amides is 1. The van der Waals surface area contributed by atoms with Gasteiger partial charge in [-0.2, -0.15) is 5.26 Å². The molecule has 1 atom stereocenters. The number of carbonyl (C=O) groups excluding carboxylic acids is 1. The molecule has 1 aliphatic carbocycles. The van der Waals surface area contributed by atoms with Gasteiger partial charge in [-0.25, -0.2) is 0 Å². The highest BCUT2D eigenvalue weighted by Crippen LogP contribution is 2.38. The molecule has 0 aliphatic heterocycles. The van der Waals surface area contributed by atoms with E-state index >= 15 is 0 Å². The maximum Gasteiger partial charge on any atom is 0.242 e. The van der Waals surface area contributed by atoms with E-state index < -0.39 is 11.5 Å².